The Balaban J connectivity index is 1.66. The van der Waals surface area contributed by atoms with Gasteiger partial charge in [0.05, 0.1) is 30.5 Å². The van der Waals surface area contributed by atoms with Gasteiger partial charge < -0.3 is 20.2 Å². The van der Waals surface area contributed by atoms with Crippen molar-refractivity contribution in [2.24, 2.45) is 10.9 Å². The van der Waals surface area contributed by atoms with E-state index in [1.54, 1.807) is 12.4 Å². The molecule has 7 nitrogen and oxygen atoms in total. The third-order valence-electron chi connectivity index (χ3n) is 5.92. The molecular formula is C22H25F3N4O3. The molecule has 0 aromatic heterocycles. The number of hydrogen-bond acceptors (Lipinski definition) is 7. The summed E-state index contributed by atoms with van der Waals surface area (Å²) < 4.78 is 45.1. The zero-order valence-corrected chi connectivity index (χ0v) is 17.7. The summed E-state index contributed by atoms with van der Waals surface area (Å²) in [6.07, 6.45) is 0.570. The number of rotatable bonds is 5. The lowest BCUT2D eigenvalue weighted by Crippen LogP contribution is -2.47. The van der Waals surface area contributed by atoms with E-state index < -0.39 is 11.7 Å². The number of nitrogens with one attached hydrogen (secondary N) is 1. The summed E-state index contributed by atoms with van der Waals surface area (Å²) in [5.41, 5.74) is 0.913. The molecule has 0 amide bonds. The molecule has 0 radical (unpaired) electrons. The number of alkyl halides is 3. The van der Waals surface area contributed by atoms with Gasteiger partial charge in [0, 0.05) is 49.4 Å². The molecule has 1 aromatic rings. The van der Waals surface area contributed by atoms with Crippen LogP contribution in [0.25, 0.3) is 0 Å². The number of anilines is 1. The van der Waals surface area contributed by atoms with Crippen LogP contribution in [0.3, 0.4) is 0 Å². The number of hydrazine groups is 1. The van der Waals surface area contributed by atoms with Crippen molar-refractivity contribution in [3.8, 4) is 5.75 Å². The molecule has 3 aliphatic heterocycles. The van der Waals surface area contributed by atoms with Gasteiger partial charge >= 0.3 is 6.18 Å². The largest absolute Gasteiger partial charge is 0.497 e. The Kier molecular flexibility index (Phi) is 6.25. The lowest BCUT2D eigenvalue weighted by atomic mass is 9.95. The number of aliphatic hydroxyl groups excluding tert-OH is 1. The Labute approximate surface area is 183 Å². The number of halogens is 3. The number of carbonyl (C=O) groups excluding carboxylic acids is 1. The summed E-state index contributed by atoms with van der Waals surface area (Å²) in [4.78, 5) is 16.8. The van der Waals surface area contributed by atoms with Gasteiger partial charge in [-0.25, -0.2) is 5.01 Å². The van der Waals surface area contributed by atoms with Crippen LogP contribution in [-0.2, 0) is 11.0 Å². The number of piperidine rings is 1. The number of Topliss-reactive ketones (excluding diaryl/α,β-unsaturated/α-hetero) is 1. The molecule has 172 valence electrons. The van der Waals surface area contributed by atoms with Gasteiger partial charge in [-0.1, -0.05) is 0 Å². The Bertz CT molecular complexity index is 979. The molecule has 1 saturated heterocycles. The van der Waals surface area contributed by atoms with Crippen LogP contribution in [0.2, 0.25) is 0 Å². The first-order valence-electron chi connectivity index (χ1n) is 10.4. The summed E-state index contributed by atoms with van der Waals surface area (Å²) in [6.45, 7) is 2.08. The van der Waals surface area contributed by atoms with Gasteiger partial charge in [0.1, 0.15) is 12.3 Å². The molecule has 1 fully saturated rings. The second-order valence-corrected chi connectivity index (χ2v) is 8.09. The Morgan fingerprint density at radius 3 is 2.66 bits per heavy atom. The molecule has 32 heavy (non-hydrogen) atoms. The number of hydrogen-bond donors (Lipinski definition) is 2. The minimum atomic E-state index is -4.53. The van der Waals surface area contributed by atoms with Crippen LogP contribution in [0.4, 0.5) is 18.9 Å². The smallest absolute Gasteiger partial charge is 0.416 e. The normalized spacial score (nSPS) is 20.3. The van der Waals surface area contributed by atoms with Crippen molar-refractivity contribution in [2.75, 3.05) is 45.2 Å². The highest BCUT2D eigenvalue weighted by molar-refractivity contribution is 6.10. The van der Waals surface area contributed by atoms with Crippen molar-refractivity contribution in [1.29, 1.82) is 0 Å². The standard InChI is InChI=1S/C22H25F3N4O3/c1-32-18-7-16(22(23,24)25)6-17(8-18)27-19-12-29(28-4-2-14(13-30)3-5-28)11-15-9-26-10-20(31)21(15)19/h6-9,12,14,27,30H,2-5,10-11,13H2,1H3. The van der Waals surface area contributed by atoms with Crippen LogP contribution in [0.1, 0.15) is 18.4 Å². The zero-order valence-electron chi connectivity index (χ0n) is 17.7. The van der Waals surface area contributed by atoms with E-state index in [-0.39, 0.29) is 36.3 Å². The van der Waals surface area contributed by atoms with Crippen LogP contribution >= 0.6 is 0 Å². The number of dihydropyridines is 1. The predicted octanol–water partition coefficient (Wildman–Crippen LogP) is 2.85. The number of benzene rings is 1. The molecule has 3 aliphatic rings. The highest BCUT2D eigenvalue weighted by Crippen LogP contribution is 2.36. The molecule has 0 unspecified atom stereocenters. The first-order valence-corrected chi connectivity index (χ1v) is 10.4. The van der Waals surface area contributed by atoms with E-state index in [4.69, 9.17) is 4.74 Å². The van der Waals surface area contributed by atoms with Gasteiger partial charge in [0.15, 0.2) is 5.78 Å². The maximum absolute atomic E-state index is 13.3. The third-order valence-corrected chi connectivity index (χ3v) is 5.92. The Morgan fingerprint density at radius 2 is 2.00 bits per heavy atom. The van der Waals surface area contributed by atoms with E-state index in [1.165, 1.54) is 13.2 Å². The van der Waals surface area contributed by atoms with Crippen molar-refractivity contribution >= 4 is 17.7 Å². The molecule has 0 aliphatic carbocycles. The molecule has 3 heterocycles. The van der Waals surface area contributed by atoms with Crippen LogP contribution in [0, 0.1) is 5.92 Å². The number of ketones is 1. The first-order chi connectivity index (χ1) is 15.3. The third kappa shape index (κ3) is 4.66. The van der Waals surface area contributed by atoms with Crippen LogP contribution in [0.15, 0.2) is 46.2 Å². The van der Waals surface area contributed by atoms with E-state index in [0.29, 0.717) is 17.8 Å². The fraction of sp³-hybridized carbons (Fsp3) is 0.455. The molecule has 0 spiro atoms. The van der Waals surface area contributed by atoms with E-state index in [0.717, 1.165) is 43.6 Å². The number of ether oxygens (including phenoxy) is 1. The average molecular weight is 450 g/mol. The molecule has 1 aromatic carbocycles. The average Bonchev–Trinajstić information content (AvgIpc) is 2.78. The van der Waals surface area contributed by atoms with E-state index in [1.807, 2.05) is 5.01 Å². The summed E-state index contributed by atoms with van der Waals surface area (Å²) in [6, 6.07) is 3.39. The van der Waals surface area contributed by atoms with Crippen LogP contribution in [0.5, 0.6) is 5.75 Å². The zero-order chi connectivity index (χ0) is 22.9. The summed E-state index contributed by atoms with van der Waals surface area (Å²) in [7, 11) is 1.30. The van der Waals surface area contributed by atoms with Crippen molar-refractivity contribution in [1.82, 2.24) is 10.0 Å². The summed E-state index contributed by atoms with van der Waals surface area (Å²) in [5, 5.41) is 16.5. The number of aliphatic hydroxyl groups is 1. The number of aliphatic imine (C=N–C) groups is 1. The molecule has 0 atom stereocenters. The van der Waals surface area contributed by atoms with E-state index in [2.05, 4.69) is 15.3 Å². The minimum absolute atomic E-state index is 0.00561. The molecule has 4 rings (SSSR count). The van der Waals surface area contributed by atoms with Gasteiger partial charge in [-0.2, -0.15) is 13.2 Å². The van der Waals surface area contributed by atoms with Crippen molar-refractivity contribution < 1.29 is 27.8 Å². The lowest BCUT2D eigenvalue weighted by Gasteiger charge is -2.41. The quantitative estimate of drug-likeness (QED) is 0.719. The molecule has 0 saturated carbocycles. The number of nitrogens with zero attached hydrogens (tertiary/aromatic N) is 3. The second kappa shape index (κ2) is 8.95. The minimum Gasteiger partial charge on any atom is -0.497 e. The van der Waals surface area contributed by atoms with E-state index in [9.17, 15) is 23.1 Å². The fourth-order valence-electron chi connectivity index (χ4n) is 4.18. The summed E-state index contributed by atoms with van der Waals surface area (Å²) in [5.74, 6) is 0.147. The van der Waals surface area contributed by atoms with Crippen molar-refractivity contribution in [2.45, 2.75) is 19.0 Å². The lowest BCUT2D eigenvalue weighted by molar-refractivity contribution is -0.137. The van der Waals surface area contributed by atoms with Gasteiger partial charge in [0.2, 0.25) is 0 Å². The molecule has 2 N–H and O–H groups in total. The Hall–Kier alpha value is -2.85. The maximum Gasteiger partial charge on any atom is 0.416 e. The van der Waals surface area contributed by atoms with Gasteiger partial charge in [0.25, 0.3) is 0 Å². The molecular weight excluding hydrogens is 425 g/mol. The number of methoxy groups -OCH3 is 1. The monoisotopic (exact) mass is 450 g/mol. The van der Waals surface area contributed by atoms with Gasteiger partial charge in [-0.05, 0) is 30.9 Å². The molecule has 0 bridgehead atoms. The van der Waals surface area contributed by atoms with Gasteiger partial charge in [-0.3, -0.25) is 9.79 Å². The van der Waals surface area contributed by atoms with Crippen molar-refractivity contribution in [3.05, 3.63) is 46.8 Å². The van der Waals surface area contributed by atoms with Crippen LogP contribution < -0.4 is 10.1 Å². The first kappa shape index (κ1) is 22.3. The number of allylic oxidation sites excluding steroid dienone is 1. The second-order valence-electron chi connectivity index (χ2n) is 8.09. The van der Waals surface area contributed by atoms with Crippen LogP contribution in [-0.4, -0.2) is 67.0 Å². The maximum atomic E-state index is 13.3. The number of carbonyl (C=O) groups is 1. The van der Waals surface area contributed by atoms with Crippen molar-refractivity contribution in [3.63, 3.8) is 0 Å². The highest BCUT2D eigenvalue weighted by atomic mass is 19.4. The highest BCUT2D eigenvalue weighted by Gasteiger charge is 2.33. The predicted molar refractivity (Wildman–Crippen MR) is 113 cm³/mol. The Morgan fingerprint density at radius 1 is 1.25 bits per heavy atom. The summed E-state index contributed by atoms with van der Waals surface area (Å²) >= 11 is 0. The fourth-order valence-corrected chi connectivity index (χ4v) is 4.18. The SMILES string of the molecule is COc1cc(NC2=CN(N3CCC(CO)CC3)CC3=C2C(=O)CN=C3)cc(C(F)(F)F)c1. The molecule has 10 heteroatoms. The van der Waals surface area contributed by atoms with Gasteiger partial charge in [-0.15, -0.1) is 0 Å². The topological polar surface area (TPSA) is 77.4 Å². The van der Waals surface area contributed by atoms with E-state index >= 15 is 0 Å².